The van der Waals surface area contributed by atoms with Crippen molar-refractivity contribution in [1.82, 2.24) is 15.2 Å². The molecule has 0 amide bonds. The number of aromatic nitrogens is 1. The molecule has 0 bridgehead atoms. The summed E-state index contributed by atoms with van der Waals surface area (Å²) in [5.74, 6) is 1.00. The summed E-state index contributed by atoms with van der Waals surface area (Å²) < 4.78 is 0. The Balaban J connectivity index is 0.00000261. The maximum absolute atomic E-state index is 6.12. The highest BCUT2D eigenvalue weighted by atomic mass is 127. The van der Waals surface area contributed by atoms with E-state index >= 15 is 0 Å². The van der Waals surface area contributed by atoms with Gasteiger partial charge >= 0.3 is 0 Å². The van der Waals surface area contributed by atoms with Crippen LogP contribution in [0.3, 0.4) is 0 Å². The van der Waals surface area contributed by atoms with Gasteiger partial charge in [0.2, 0.25) is 0 Å². The molecule has 1 fully saturated rings. The van der Waals surface area contributed by atoms with Gasteiger partial charge in [0.15, 0.2) is 5.96 Å². The first kappa shape index (κ1) is 21.8. The largest absolute Gasteiger partial charge is 0.368 e. The Morgan fingerprint density at radius 1 is 1.19 bits per heavy atom. The lowest BCUT2D eigenvalue weighted by molar-refractivity contribution is 0.372. The number of nitrogens with one attached hydrogen (secondary N) is 1. The van der Waals surface area contributed by atoms with Crippen LogP contribution in [0.4, 0.5) is 5.69 Å². The zero-order valence-electron chi connectivity index (χ0n) is 15.6. The van der Waals surface area contributed by atoms with Crippen LogP contribution in [0.2, 0.25) is 5.02 Å². The van der Waals surface area contributed by atoms with Crippen molar-refractivity contribution in [3.05, 3.63) is 59.4 Å². The number of nitrogens with zero attached hydrogens (tertiary/aromatic N) is 4. The Morgan fingerprint density at radius 3 is 2.67 bits per heavy atom. The summed E-state index contributed by atoms with van der Waals surface area (Å²) in [7, 11) is 0. The lowest BCUT2D eigenvalue weighted by atomic mass is 10.2. The molecule has 0 atom stereocenters. The average molecular weight is 500 g/mol. The van der Waals surface area contributed by atoms with Crippen molar-refractivity contribution in [2.75, 3.05) is 44.2 Å². The topological polar surface area (TPSA) is 43.8 Å². The molecule has 1 aliphatic rings. The van der Waals surface area contributed by atoms with Crippen LogP contribution in [0.1, 0.15) is 12.5 Å². The molecule has 1 N–H and O–H groups in total. The summed E-state index contributed by atoms with van der Waals surface area (Å²) in [4.78, 5) is 13.7. The molecule has 1 aliphatic heterocycles. The van der Waals surface area contributed by atoms with Crippen molar-refractivity contribution in [2.45, 2.75) is 13.3 Å². The first-order valence-electron chi connectivity index (χ1n) is 9.19. The van der Waals surface area contributed by atoms with Crippen LogP contribution < -0.4 is 10.2 Å². The second-order valence-corrected chi connectivity index (χ2v) is 6.74. The van der Waals surface area contributed by atoms with E-state index in [1.54, 1.807) is 6.20 Å². The lowest BCUT2D eigenvalue weighted by Gasteiger charge is -2.37. The summed E-state index contributed by atoms with van der Waals surface area (Å²) in [5.41, 5.74) is 2.41. The van der Waals surface area contributed by atoms with E-state index < -0.39 is 0 Å². The number of anilines is 1. The third-order valence-corrected chi connectivity index (χ3v) is 4.71. The minimum atomic E-state index is 0. The number of aliphatic imine (C=N–C) groups is 1. The van der Waals surface area contributed by atoms with Gasteiger partial charge < -0.3 is 15.1 Å². The van der Waals surface area contributed by atoms with Crippen LogP contribution in [-0.2, 0) is 6.42 Å². The first-order valence-corrected chi connectivity index (χ1v) is 9.56. The highest BCUT2D eigenvalue weighted by Gasteiger charge is 2.19. The third kappa shape index (κ3) is 6.53. The average Bonchev–Trinajstić information content (AvgIpc) is 2.68. The van der Waals surface area contributed by atoms with Crippen molar-refractivity contribution in [3.63, 3.8) is 0 Å². The van der Waals surface area contributed by atoms with Crippen molar-refractivity contribution in [3.8, 4) is 0 Å². The van der Waals surface area contributed by atoms with Gasteiger partial charge in [-0.2, -0.15) is 0 Å². The third-order valence-electron chi connectivity index (χ3n) is 4.47. The van der Waals surface area contributed by atoms with Crippen molar-refractivity contribution in [2.24, 2.45) is 4.99 Å². The fourth-order valence-corrected chi connectivity index (χ4v) is 3.30. The molecule has 27 heavy (non-hydrogen) atoms. The Labute approximate surface area is 183 Å². The van der Waals surface area contributed by atoms with E-state index in [2.05, 4.69) is 39.2 Å². The molecule has 5 nitrogen and oxygen atoms in total. The van der Waals surface area contributed by atoms with E-state index in [4.69, 9.17) is 16.6 Å². The molecular formula is C20H27ClIN5. The van der Waals surface area contributed by atoms with Crippen LogP contribution in [0.15, 0.2) is 53.8 Å². The van der Waals surface area contributed by atoms with Crippen LogP contribution in [-0.4, -0.2) is 55.1 Å². The molecule has 1 aromatic carbocycles. The van der Waals surface area contributed by atoms with Gasteiger partial charge in [0.1, 0.15) is 0 Å². The smallest absolute Gasteiger partial charge is 0.194 e. The molecule has 1 saturated heterocycles. The summed E-state index contributed by atoms with van der Waals surface area (Å²) in [5, 5.41) is 4.21. The Bertz CT molecular complexity index is 717. The second-order valence-electron chi connectivity index (χ2n) is 6.30. The maximum Gasteiger partial charge on any atom is 0.194 e. The molecule has 0 spiro atoms. The molecule has 3 rings (SSSR count). The highest BCUT2D eigenvalue weighted by molar-refractivity contribution is 14.0. The summed E-state index contributed by atoms with van der Waals surface area (Å²) in [6, 6.07) is 12.1. The number of piperazine rings is 1. The number of pyridine rings is 1. The van der Waals surface area contributed by atoms with Gasteiger partial charge in [-0.3, -0.25) is 9.98 Å². The van der Waals surface area contributed by atoms with Gasteiger partial charge in [-0.05, 0) is 43.2 Å². The van der Waals surface area contributed by atoms with Gasteiger partial charge in [-0.15, -0.1) is 24.0 Å². The van der Waals surface area contributed by atoms with Gasteiger partial charge in [0.25, 0.3) is 0 Å². The monoisotopic (exact) mass is 499 g/mol. The summed E-state index contributed by atoms with van der Waals surface area (Å²) in [6.07, 6.45) is 4.62. The van der Waals surface area contributed by atoms with E-state index in [1.165, 1.54) is 11.3 Å². The fraction of sp³-hybridized carbons (Fsp3) is 0.400. The van der Waals surface area contributed by atoms with Crippen LogP contribution in [0.5, 0.6) is 0 Å². The molecule has 1 aromatic heterocycles. The van der Waals surface area contributed by atoms with E-state index in [1.807, 2.05) is 30.5 Å². The van der Waals surface area contributed by atoms with E-state index in [0.717, 1.165) is 56.7 Å². The minimum absolute atomic E-state index is 0. The summed E-state index contributed by atoms with van der Waals surface area (Å²) in [6.45, 7) is 7.58. The van der Waals surface area contributed by atoms with E-state index in [0.29, 0.717) is 0 Å². The highest BCUT2D eigenvalue weighted by Crippen LogP contribution is 2.20. The first-order chi connectivity index (χ1) is 12.8. The van der Waals surface area contributed by atoms with Gasteiger partial charge in [0, 0.05) is 62.4 Å². The lowest BCUT2D eigenvalue weighted by Crippen LogP contribution is -2.52. The van der Waals surface area contributed by atoms with E-state index in [9.17, 15) is 0 Å². The SMILES string of the molecule is CCNC(=NCCc1cccnc1)N1CCN(c2cccc(Cl)c2)CC1.I. The molecule has 2 aromatic rings. The summed E-state index contributed by atoms with van der Waals surface area (Å²) >= 11 is 6.12. The zero-order valence-corrected chi connectivity index (χ0v) is 18.7. The Morgan fingerprint density at radius 2 is 2.00 bits per heavy atom. The molecule has 0 saturated carbocycles. The predicted molar refractivity (Wildman–Crippen MR) is 125 cm³/mol. The molecule has 146 valence electrons. The number of rotatable bonds is 5. The maximum atomic E-state index is 6.12. The molecular weight excluding hydrogens is 473 g/mol. The quantitative estimate of drug-likeness (QED) is 0.387. The number of hydrogen-bond acceptors (Lipinski definition) is 3. The zero-order chi connectivity index (χ0) is 18.2. The Kier molecular flexibility index (Phi) is 9.14. The fourth-order valence-electron chi connectivity index (χ4n) is 3.11. The molecule has 0 unspecified atom stereocenters. The number of guanidine groups is 1. The standard InChI is InChI=1S/C20H26ClN5.HI/c1-2-23-20(24-10-8-17-5-4-9-22-16-17)26-13-11-25(12-14-26)19-7-3-6-18(21)15-19;/h3-7,9,15-16H,2,8,10-14H2,1H3,(H,23,24);1H. The normalized spacial score (nSPS) is 14.7. The Hall–Kier alpha value is -1.54. The second kappa shape index (κ2) is 11.3. The van der Waals surface area contributed by atoms with Crippen molar-refractivity contribution >= 4 is 47.2 Å². The van der Waals surface area contributed by atoms with Crippen molar-refractivity contribution in [1.29, 1.82) is 0 Å². The number of hydrogen-bond donors (Lipinski definition) is 1. The van der Waals surface area contributed by atoms with Gasteiger partial charge in [0.05, 0.1) is 0 Å². The minimum Gasteiger partial charge on any atom is -0.368 e. The van der Waals surface area contributed by atoms with Crippen LogP contribution in [0.25, 0.3) is 0 Å². The van der Waals surface area contributed by atoms with Crippen molar-refractivity contribution < 1.29 is 0 Å². The molecule has 0 radical (unpaired) electrons. The molecule has 7 heteroatoms. The van der Waals surface area contributed by atoms with Gasteiger partial charge in [-0.25, -0.2) is 0 Å². The number of halogens is 2. The van der Waals surface area contributed by atoms with Crippen LogP contribution in [0, 0.1) is 0 Å². The van der Waals surface area contributed by atoms with E-state index in [-0.39, 0.29) is 24.0 Å². The van der Waals surface area contributed by atoms with Gasteiger partial charge in [-0.1, -0.05) is 23.7 Å². The number of benzene rings is 1. The predicted octanol–water partition coefficient (Wildman–Crippen LogP) is 3.68. The molecule has 2 heterocycles. The molecule has 0 aliphatic carbocycles. The van der Waals surface area contributed by atoms with Crippen LogP contribution >= 0.6 is 35.6 Å².